The Morgan fingerprint density at radius 1 is 1.33 bits per heavy atom. The van der Waals surface area contributed by atoms with Crippen LogP contribution in [0.4, 0.5) is 0 Å². The van der Waals surface area contributed by atoms with Crippen molar-refractivity contribution in [2.45, 2.75) is 31.1 Å². The van der Waals surface area contributed by atoms with Crippen molar-refractivity contribution in [1.29, 1.82) is 0 Å². The Kier molecular flexibility index (Phi) is 5.01. The summed E-state index contributed by atoms with van der Waals surface area (Å²) in [7, 11) is 0. The summed E-state index contributed by atoms with van der Waals surface area (Å²) >= 11 is 3.68. The van der Waals surface area contributed by atoms with Crippen molar-refractivity contribution < 1.29 is 0 Å². The smallest absolute Gasteiger partial charge is 0.250 e. The highest BCUT2D eigenvalue weighted by molar-refractivity contribution is 9.09. The minimum absolute atomic E-state index is 0.0986. The van der Waals surface area contributed by atoms with Crippen molar-refractivity contribution in [3.05, 3.63) is 34.7 Å². The first-order chi connectivity index (χ1) is 8.66. The maximum absolute atomic E-state index is 11.6. The number of aromatic nitrogens is 1. The van der Waals surface area contributed by atoms with Gasteiger partial charge in [0.2, 0.25) is 0 Å². The Hall–Kier alpha value is -0.610. The molecule has 1 aliphatic rings. The molecule has 0 aromatic carbocycles. The molecule has 1 unspecified atom stereocenters. The minimum Gasteiger partial charge on any atom is -0.314 e. The summed E-state index contributed by atoms with van der Waals surface area (Å²) in [6.45, 7) is 6.33. The third-order valence-corrected chi connectivity index (χ3v) is 4.59. The lowest BCUT2D eigenvalue weighted by atomic mass is 9.94. The van der Waals surface area contributed by atoms with Gasteiger partial charge in [-0.05, 0) is 37.9 Å². The van der Waals surface area contributed by atoms with Crippen LogP contribution in [0.3, 0.4) is 0 Å². The number of piperidine rings is 1. The molecule has 1 fully saturated rings. The van der Waals surface area contributed by atoms with Crippen molar-refractivity contribution >= 4 is 15.9 Å². The minimum atomic E-state index is 0.0986. The summed E-state index contributed by atoms with van der Waals surface area (Å²) in [5.41, 5.74) is 0.0986. The Morgan fingerprint density at radius 2 is 2.06 bits per heavy atom. The van der Waals surface area contributed by atoms with Crippen molar-refractivity contribution in [3.8, 4) is 0 Å². The summed E-state index contributed by atoms with van der Waals surface area (Å²) in [4.78, 5) is 14.7. The van der Waals surface area contributed by atoms with Crippen LogP contribution in [0.25, 0.3) is 0 Å². The van der Waals surface area contributed by atoms with Crippen LogP contribution >= 0.6 is 15.9 Å². The van der Waals surface area contributed by atoms with Gasteiger partial charge in [-0.2, -0.15) is 0 Å². The number of halogens is 1. The average Bonchev–Trinajstić information content (AvgIpc) is 2.38. The van der Waals surface area contributed by atoms with Gasteiger partial charge in [-0.25, -0.2) is 0 Å². The maximum Gasteiger partial charge on any atom is 0.250 e. The molecule has 18 heavy (non-hydrogen) atoms. The largest absolute Gasteiger partial charge is 0.314 e. The van der Waals surface area contributed by atoms with Crippen LogP contribution in [0.5, 0.6) is 0 Å². The summed E-state index contributed by atoms with van der Waals surface area (Å²) < 4.78 is 1.79. The molecule has 2 rings (SSSR count). The molecule has 4 heteroatoms. The second-order valence-corrected chi connectivity index (χ2v) is 6.53. The zero-order valence-electron chi connectivity index (χ0n) is 10.9. The van der Waals surface area contributed by atoms with Gasteiger partial charge in [0.25, 0.3) is 5.56 Å². The summed E-state index contributed by atoms with van der Waals surface area (Å²) in [6, 6.07) is 5.33. The predicted octanol–water partition coefficient (Wildman–Crippen LogP) is 2.34. The van der Waals surface area contributed by atoms with E-state index in [0.717, 1.165) is 32.1 Å². The van der Waals surface area contributed by atoms with Crippen LogP contribution in [0, 0.1) is 5.92 Å². The average molecular weight is 313 g/mol. The third-order valence-electron chi connectivity index (χ3n) is 3.84. The van der Waals surface area contributed by atoms with E-state index in [9.17, 15) is 4.79 Å². The summed E-state index contributed by atoms with van der Waals surface area (Å²) in [5.74, 6) is 0.806. The Morgan fingerprint density at radius 3 is 2.67 bits per heavy atom. The number of pyridine rings is 1. The monoisotopic (exact) mass is 312 g/mol. The second kappa shape index (κ2) is 6.53. The van der Waals surface area contributed by atoms with Crippen molar-refractivity contribution in [1.82, 2.24) is 9.47 Å². The third kappa shape index (κ3) is 3.69. The van der Waals surface area contributed by atoms with Crippen LogP contribution in [-0.4, -0.2) is 33.9 Å². The topological polar surface area (TPSA) is 25.2 Å². The van der Waals surface area contributed by atoms with Gasteiger partial charge in [-0.15, -0.1) is 0 Å². The lowest BCUT2D eigenvalue weighted by molar-refractivity contribution is 0.179. The molecule has 1 atom stereocenters. The maximum atomic E-state index is 11.6. The van der Waals surface area contributed by atoms with Gasteiger partial charge < -0.3 is 9.47 Å². The molecule has 0 aliphatic carbocycles. The standard InChI is InChI=1S/C14H21BrN2O/c1-12(15)13-5-8-16(9-6-13)10-11-17-7-3-2-4-14(17)18/h2-4,7,12-13H,5-6,8-11H2,1H3. The molecule has 1 aromatic rings. The van der Waals surface area contributed by atoms with Crippen molar-refractivity contribution in [2.24, 2.45) is 5.92 Å². The van der Waals surface area contributed by atoms with Crippen LogP contribution < -0.4 is 5.56 Å². The summed E-state index contributed by atoms with van der Waals surface area (Å²) in [5, 5.41) is 0. The number of nitrogens with zero attached hydrogens (tertiary/aromatic N) is 2. The number of rotatable bonds is 4. The first kappa shape index (κ1) is 13.8. The van der Waals surface area contributed by atoms with E-state index in [1.807, 2.05) is 12.3 Å². The highest BCUT2D eigenvalue weighted by atomic mass is 79.9. The molecule has 100 valence electrons. The zero-order valence-corrected chi connectivity index (χ0v) is 12.5. The fourth-order valence-electron chi connectivity index (χ4n) is 2.53. The van der Waals surface area contributed by atoms with Gasteiger partial charge in [0.1, 0.15) is 0 Å². The van der Waals surface area contributed by atoms with Gasteiger partial charge >= 0.3 is 0 Å². The molecular weight excluding hydrogens is 292 g/mol. The van der Waals surface area contributed by atoms with Crippen LogP contribution in [0.2, 0.25) is 0 Å². The van der Waals surface area contributed by atoms with Crippen LogP contribution in [0.1, 0.15) is 19.8 Å². The lowest BCUT2D eigenvalue weighted by Crippen LogP contribution is -2.38. The number of hydrogen-bond acceptors (Lipinski definition) is 2. The second-order valence-electron chi connectivity index (χ2n) is 5.09. The number of likely N-dealkylation sites (tertiary alicyclic amines) is 1. The molecule has 0 N–H and O–H groups in total. The number of hydrogen-bond donors (Lipinski definition) is 0. The Labute approximate surface area is 117 Å². The first-order valence-corrected chi connectivity index (χ1v) is 7.60. The molecule has 0 radical (unpaired) electrons. The Balaban J connectivity index is 1.79. The van der Waals surface area contributed by atoms with Crippen molar-refractivity contribution in [3.63, 3.8) is 0 Å². The van der Waals surface area contributed by atoms with E-state index in [4.69, 9.17) is 0 Å². The van der Waals surface area contributed by atoms with E-state index >= 15 is 0 Å². The SMILES string of the molecule is CC(Br)C1CCN(CCn2ccccc2=O)CC1. The first-order valence-electron chi connectivity index (χ1n) is 6.68. The number of alkyl halides is 1. The molecular formula is C14H21BrN2O. The van der Waals surface area contributed by atoms with E-state index in [0.29, 0.717) is 4.83 Å². The highest BCUT2D eigenvalue weighted by Crippen LogP contribution is 2.24. The highest BCUT2D eigenvalue weighted by Gasteiger charge is 2.21. The molecule has 0 spiro atoms. The van der Waals surface area contributed by atoms with Gasteiger partial charge in [-0.1, -0.05) is 28.9 Å². The zero-order chi connectivity index (χ0) is 13.0. The molecule has 3 nitrogen and oxygen atoms in total. The van der Waals surface area contributed by atoms with Crippen LogP contribution in [-0.2, 0) is 6.54 Å². The van der Waals surface area contributed by atoms with Crippen molar-refractivity contribution in [2.75, 3.05) is 19.6 Å². The lowest BCUT2D eigenvalue weighted by Gasteiger charge is -2.33. The van der Waals surface area contributed by atoms with Gasteiger partial charge in [0.05, 0.1) is 0 Å². The molecule has 1 aromatic heterocycles. The fourth-order valence-corrected chi connectivity index (χ4v) is 3.06. The van der Waals surface area contributed by atoms with Crippen LogP contribution in [0.15, 0.2) is 29.2 Å². The van der Waals surface area contributed by atoms with E-state index in [2.05, 4.69) is 27.8 Å². The molecule has 1 aliphatic heterocycles. The van der Waals surface area contributed by atoms with Gasteiger partial charge in [-0.3, -0.25) is 4.79 Å². The Bertz CT molecular complexity index is 422. The van der Waals surface area contributed by atoms with E-state index < -0.39 is 0 Å². The predicted molar refractivity (Wildman–Crippen MR) is 78.3 cm³/mol. The van der Waals surface area contributed by atoms with E-state index in [1.165, 1.54) is 12.8 Å². The van der Waals surface area contributed by atoms with Gasteiger partial charge in [0.15, 0.2) is 0 Å². The normalized spacial score (nSPS) is 19.9. The molecule has 1 saturated heterocycles. The molecule has 0 saturated carbocycles. The molecule has 0 bridgehead atoms. The van der Waals surface area contributed by atoms with E-state index in [1.54, 1.807) is 16.7 Å². The molecule has 0 amide bonds. The van der Waals surface area contributed by atoms with E-state index in [-0.39, 0.29) is 5.56 Å². The molecule has 2 heterocycles. The fraction of sp³-hybridized carbons (Fsp3) is 0.643. The van der Waals surface area contributed by atoms with Gasteiger partial charge in [0, 0.05) is 30.2 Å². The quantitative estimate of drug-likeness (QED) is 0.797. The summed E-state index contributed by atoms with van der Waals surface area (Å²) in [6.07, 6.45) is 4.39.